The summed E-state index contributed by atoms with van der Waals surface area (Å²) in [7, 11) is 0. The van der Waals surface area contributed by atoms with Crippen LogP contribution in [0.2, 0.25) is 0 Å². The Kier molecular flexibility index (Phi) is 3.48. The number of anilines is 1. The molecule has 2 aromatic carbocycles. The Balaban J connectivity index is 1.38. The van der Waals surface area contributed by atoms with Crippen LogP contribution in [0.15, 0.2) is 53.3 Å². The molecule has 3 N–H and O–H groups in total. The Labute approximate surface area is 188 Å². The molecule has 1 saturated heterocycles. The number of para-hydroxylation sites is 2. The maximum Gasteiger partial charge on any atom is 0.262 e. The zero-order valence-corrected chi connectivity index (χ0v) is 17.6. The van der Waals surface area contributed by atoms with Crippen molar-refractivity contribution in [1.29, 1.82) is 0 Å². The minimum Gasteiger partial charge on any atom is -0.381 e. The highest BCUT2D eigenvalue weighted by molar-refractivity contribution is 6.07. The molecule has 4 aliphatic rings. The van der Waals surface area contributed by atoms with E-state index in [4.69, 9.17) is 0 Å². The second-order valence-corrected chi connectivity index (χ2v) is 9.40. The zero-order chi connectivity index (χ0) is 22.5. The standard InChI is InChI=1S/C24H21N5O4/c30-19-17(28-18(12-25-19)26-15-7-3-1-5-13(15)20(28)31)11-24(33)14-6-2-4-8-16(14)29-21(24)27-23(9-10-23)22(29)32/h1-8,17,21,27,33H,9-12H2,(H,25,30)/t17-,21+,24-/m0/s1. The van der Waals surface area contributed by atoms with Crippen molar-refractivity contribution in [2.75, 3.05) is 4.90 Å². The van der Waals surface area contributed by atoms with E-state index < -0.39 is 23.3 Å². The molecule has 1 saturated carbocycles. The van der Waals surface area contributed by atoms with Gasteiger partial charge in [0.1, 0.15) is 29.2 Å². The number of aromatic nitrogens is 2. The van der Waals surface area contributed by atoms with Crippen LogP contribution >= 0.6 is 0 Å². The molecule has 0 unspecified atom stereocenters. The first-order valence-corrected chi connectivity index (χ1v) is 11.1. The lowest BCUT2D eigenvalue weighted by Gasteiger charge is -2.36. The van der Waals surface area contributed by atoms with Crippen LogP contribution < -0.4 is 21.1 Å². The fraction of sp³-hybridized carbons (Fsp3) is 0.333. The van der Waals surface area contributed by atoms with E-state index in [2.05, 4.69) is 15.6 Å². The number of fused-ring (bicyclic) bond motifs is 5. The predicted octanol–water partition coefficient (Wildman–Crippen LogP) is 0.654. The van der Waals surface area contributed by atoms with Crippen molar-refractivity contribution < 1.29 is 14.7 Å². The Morgan fingerprint density at radius 1 is 1.06 bits per heavy atom. The van der Waals surface area contributed by atoms with E-state index in [1.54, 1.807) is 35.2 Å². The molecule has 3 aliphatic heterocycles. The second kappa shape index (κ2) is 6.06. The highest BCUT2D eigenvalue weighted by Crippen LogP contribution is 2.55. The van der Waals surface area contributed by atoms with Crippen molar-refractivity contribution >= 4 is 28.4 Å². The van der Waals surface area contributed by atoms with Crippen molar-refractivity contribution in [3.05, 3.63) is 70.3 Å². The molecule has 2 fully saturated rings. The van der Waals surface area contributed by atoms with Gasteiger partial charge in [-0.05, 0) is 31.0 Å². The minimum absolute atomic E-state index is 0.0470. The summed E-state index contributed by atoms with van der Waals surface area (Å²) in [5.74, 6) is 0.0508. The zero-order valence-electron chi connectivity index (χ0n) is 17.6. The highest BCUT2D eigenvalue weighted by Gasteiger charge is 2.67. The third kappa shape index (κ3) is 2.33. The third-order valence-corrected chi connectivity index (χ3v) is 7.55. The Hall–Kier alpha value is -3.56. The van der Waals surface area contributed by atoms with Gasteiger partial charge in [0, 0.05) is 12.0 Å². The number of benzene rings is 2. The lowest BCUT2D eigenvalue weighted by atomic mass is 9.85. The minimum atomic E-state index is -1.56. The van der Waals surface area contributed by atoms with Gasteiger partial charge in [-0.15, -0.1) is 0 Å². The summed E-state index contributed by atoms with van der Waals surface area (Å²) in [6.45, 7) is 0.139. The third-order valence-electron chi connectivity index (χ3n) is 7.55. The van der Waals surface area contributed by atoms with Crippen molar-refractivity contribution in [3.63, 3.8) is 0 Å². The maximum absolute atomic E-state index is 13.4. The smallest absolute Gasteiger partial charge is 0.262 e. The molecule has 1 aromatic heterocycles. The molecule has 0 radical (unpaired) electrons. The lowest BCUT2D eigenvalue weighted by Crippen LogP contribution is -2.53. The van der Waals surface area contributed by atoms with Gasteiger partial charge >= 0.3 is 0 Å². The maximum atomic E-state index is 13.4. The molecular formula is C24H21N5O4. The topological polar surface area (TPSA) is 117 Å². The van der Waals surface area contributed by atoms with Gasteiger partial charge in [-0.3, -0.25) is 29.2 Å². The number of rotatable bonds is 2. The number of aliphatic hydroxyl groups is 1. The SMILES string of the molecule is O=C1NCc2nc3ccccc3c(=O)n2[C@H]1C[C@]1(O)c2ccccc2N2C(=O)C3(CC3)N[C@H]21. The number of nitrogens with zero attached hydrogens (tertiary/aromatic N) is 3. The van der Waals surface area contributed by atoms with Crippen molar-refractivity contribution in [1.82, 2.24) is 20.2 Å². The number of carbonyl (C=O) groups excluding carboxylic acids is 2. The molecule has 0 bridgehead atoms. The Morgan fingerprint density at radius 2 is 1.82 bits per heavy atom. The van der Waals surface area contributed by atoms with Crippen LogP contribution in [0.1, 0.15) is 36.7 Å². The summed E-state index contributed by atoms with van der Waals surface area (Å²) >= 11 is 0. The van der Waals surface area contributed by atoms with Gasteiger partial charge in [-0.2, -0.15) is 0 Å². The summed E-state index contributed by atoms with van der Waals surface area (Å²) < 4.78 is 1.41. The summed E-state index contributed by atoms with van der Waals surface area (Å²) in [6.07, 6.45) is 0.672. The van der Waals surface area contributed by atoms with Crippen LogP contribution in [0, 0.1) is 0 Å². The summed E-state index contributed by atoms with van der Waals surface area (Å²) in [5, 5.41) is 18.7. The molecule has 9 nitrogen and oxygen atoms in total. The molecule has 7 rings (SSSR count). The number of hydrogen-bond acceptors (Lipinski definition) is 6. The van der Waals surface area contributed by atoms with Crippen LogP contribution in [-0.2, 0) is 21.7 Å². The molecule has 9 heteroatoms. The lowest BCUT2D eigenvalue weighted by molar-refractivity contribution is -0.128. The van der Waals surface area contributed by atoms with Gasteiger partial charge in [0.05, 0.1) is 23.1 Å². The van der Waals surface area contributed by atoms with Gasteiger partial charge < -0.3 is 10.4 Å². The number of hydrogen-bond donors (Lipinski definition) is 3. The van der Waals surface area contributed by atoms with Gasteiger partial charge in [0.2, 0.25) is 11.8 Å². The largest absolute Gasteiger partial charge is 0.381 e. The molecule has 3 atom stereocenters. The van der Waals surface area contributed by atoms with Crippen LogP contribution in [0.4, 0.5) is 5.69 Å². The van der Waals surface area contributed by atoms with Crippen molar-refractivity contribution in [2.45, 2.75) is 49.2 Å². The molecule has 2 amide bonds. The van der Waals surface area contributed by atoms with Crippen molar-refractivity contribution in [2.24, 2.45) is 0 Å². The quantitative estimate of drug-likeness (QED) is 0.536. The molecule has 33 heavy (non-hydrogen) atoms. The predicted molar refractivity (Wildman–Crippen MR) is 118 cm³/mol. The van der Waals surface area contributed by atoms with E-state index in [9.17, 15) is 19.5 Å². The molecule has 1 aliphatic carbocycles. The number of nitrogens with one attached hydrogen (secondary N) is 2. The molecular weight excluding hydrogens is 422 g/mol. The average Bonchev–Trinajstić information content (AvgIpc) is 3.49. The first-order valence-electron chi connectivity index (χ1n) is 11.1. The molecule has 166 valence electrons. The van der Waals surface area contributed by atoms with Gasteiger partial charge in [-0.25, -0.2) is 4.98 Å². The molecule has 1 spiro atoms. The van der Waals surface area contributed by atoms with E-state index >= 15 is 0 Å². The van der Waals surface area contributed by atoms with Gasteiger partial charge in [0.25, 0.3) is 5.56 Å². The summed E-state index contributed by atoms with van der Waals surface area (Å²) in [6, 6.07) is 13.3. The normalized spacial score (nSPS) is 28.6. The molecule has 4 heterocycles. The highest BCUT2D eigenvalue weighted by atomic mass is 16.3. The first kappa shape index (κ1) is 19.0. The summed E-state index contributed by atoms with van der Waals surface area (Å²) in [5.41, 5.74) is -0.706. The monoisotopic (exact) mass is 443 g/mol. The fourth-order valence-corrected chi connectivity index (χ4v) is 5.74. The number of amides is 2. The van der Waals surface area contributed by atoms with Gasteiger partial charge in [0.15, 0.2) is 0 Å². The van der Waals surface area contributed by atoms with Crippen LogP contribution in [0.5, 0.6) is 0 Å². The van der Waals surface area contributed by atoms with Crippen LogP contribution in [0.3, 0.4) is 0 Å². The van der Waals surface area contributed by atoms with E-state index in [1.807, 2.05) is 18.2 Å². The van der Waals surface area contributed by atoms with E-state index in [0.29, 0.717) is 28.0 Å². The van der Waals surface area contributed by atoms with Crippen LogP contribution in [-0.4, -0.2) is 38.2 Å². The Morgan fingerprint density at radius 3 is 2.64 bits per heavy atom. The van der Waals surface area contributed by atoms with Gasteiger partial charge in [-0.1, -0.05) is 30.3 Å². The van der Waals surface area contributed by atoms with Crippen molar-refractivity contribution in [3.8, 4) is 0 Å². The molecule has 3 aromatic rings. The Bertz CT molecular complexity index is 1440. The van der Waals surface area contributed by atoms with E-state index in [1.165, 1.54) is 4.57 Å². The fourth-order valence-electron chi connectivity index (χ4n) is 5.74. The van der Waals surface area contributed by atoms with Crippen LogP contribution in [0.25, 0.3) is 10.9 Å². The van der Waals surface area contributed by atoms with E-state index in [-0.39, 0.29) is 30.3 Å². The van der Waals surface area contributed by atoms with E-state index in [0.717, 1.165) is 12.8 Å². The summed E-state index contributed by atoms with van der Waals surface area (Å²) in [4.78, 5) is 45.9. The first-order chi connectivity index (χ1) is 15.9. The average molecular weight is 443 g/mol. The second-order valence-electron chi connectivity index (χ2n) is 9.40. The number of carbonyl (C=O) groups is 2.